The minimum Gasteiger partial charge on any atom is -0.441 e. The van der Waals surface area contributed by atoms with Gasteiger partial charge in [-0.1, -0.05) is 18.5 Å². The van der Waals surface area contributed by atoms with Crippen LogP contribution in [0.4, 0.5) is 0 Å². The van der Waals surface area contributed by atoms with E-state index in [0.29, 0.717) is 35.0 Å². The Morgan fingerprint density at radius 1 is 1.33 bits per heavy atom. The zero-order chi connectivity index (χ0) is 19.4. The van der Waals surface area contributed by atoms with E-state index in [9.17, 15) is 4.79 Å². The molecule has 0 saturated carbocycles. The third-order valence-corrected chi connectivity index (χ3v) is 5.60. The summed E-state index contributed by atoms with van der Waals surface area (Å²) in [6.07, 6.45) is 2.71. The molecule has 1 atom stereocenters. The summed E-state index contributed by atoms with van der Waals surface area (Å²) in [4.78, 5) is 19.3. The number of halogens is 1. The maximum atomic E-state index is 12.4. The summed E-state index contributed by atoms with van der Waals surface area (Å²) >= 11 is 5.92. The Morgan fingerprint density at radius 3 is 2.67 bits per heavy atom. The standard InChI is InChI=1S/C21H28ClN3O2/c1-14-8-10-25(11-9-14)15(2)13-23-20(26)12-19-16(3)27-21(24-19)17-4-6-18(22)7-5-17/h4-7,14-15H,8-13H2,1-3H3,(H,23,26). The fourth-order valence-electron chi connectivity index (χ4n) is 3.38. The summed E-state index contributed by atoms with van der Waals surface area (Å²) in [5.41, 5.74) is 1.53. The molecule has 1 aliphatic rings. The molecular formula is C21H28ClN3O2. The van der Waals surface area contributed by atoms with Crippen molar-refractivity contribution in [3.63, 3.8) is 0 Å². The molecular weight excluding hydrogens is 362 g/mol. The van der Waals surface area contributed by atoms with E-state index in [2.05, 4.69) is 29.0 Å². The van der Waals surface area contributed by atoms with Gasteiger partial charge in [0.25, 0.3) is 0 Å². The van der Waals surface area contributed by atoms with Crippen LogP contribution in [-0.2, 0) is 11.2 Å². The molecule has 0 spiro atoms. The van der Waals surface area contributed by atoms with Crippen LogP contribution in [0.1, 0.15) is 38.1 Å². The number of benzene rings is 1. The molecule has 5 nitrogen and oxygen atoms in total. The lowest BCUT2D eigenvalue weighted by atomic mass is 9.98. The van der Waals surface area contributed by atoms with Crippen molar-refractivity contribution in [1.29, 1.82) is 0 Å². The number of likely N-dealkylation sites (tertiary alicyclic amines) is 1. The average Bonchev–Trinajstić information content (AvgIpc) is 3.01. The van der Waals surface area contributed by atoms with Crippen molar-refractivity contribution < 1.29 is 9.21 Å². The number of hydrogen-bond acceptors (Lipinski definition) is 4. The summed E-state index contributed by atoms with van der Waals surface area (Å²) in [6, 6.07) is 7.67. The molecule has 6 heteroatoms. The molecule has 1 unspecified atom stereocenters. The highest BCUT2D eigenvalue weighted by atomic mass is 35.5. The largest absolute Gasteiger partial charge is 0.441 e. The average molecular weight is 390 g/mol. The van der Waals surface area contributed by atoms with Crippen LogP contribution in [0.15, 0.2) is 28.7 Å². The molecule has 3 rings (SSSR count). The molecule has 2 aromatic rings. The molecule has 1 amide bonds. The van der Waals surface area contributed by atoms with E-state index in [1.165, 1.54) is 12.8 Å². The predicted octanol–water partition coefficient (Wildman–Crippen LogP) is 4.08. The minimum atomic E-state index is -0.0220. The van der Waals surface area contributed by atoms with Crippen molar-refractivity contribution in [2.24, 2.45) is 5.92 Å². The van der Waals surface area contributed by atoms with E-state index in [-0.39, 0.29) is 12.3 Å². The van der Waals surface area contributed by atoms with Crippen molar-refractivity contribution in [3.05, 3.63) is 40.7 Å². The van der Waals surface area contributed by atoms with Gasteiger partial charge in [-0.05, 0) is 70.0 Å². The van der Waals surface area contributed by atoms with E-state index in [4.69, 9.17) is 16.0 Å². The van der Waals surface area contributed by atoms with Crippen LogP contribution >= 0.6 is 11.6 Å². The monoisotopic (exact) mass is 389 g/mol. The fourth-order valence-corrected chi connectivity index (χ4v) is 3.51. The van der Waals surface area contributed by atoms with Gasteiger partial charge < -0.3 is 9.73 Å². The SMILES string of the molecule is Cc1oc(-c2ccc(Cl)cc2)nc1CC(=O)NCC(C)N1CCC(C)CC1. The number of nitrogens with one attached hydrogen (secondary N) is 1. The number of piperidine rings is 1. The molecule has 0 radical (unpaired) electrons. The summed E-state index contributed by atoms with van der Waals surface area (Å²) in [6.45, 7) is 9.22. The number of amides is 1. The van der Waals surface area contributed by atoms with E-state index < -0.39 is 0 Å². The van der Waals surface area contributed by atoms with Gasteiger partial charge in [-0.25, -0.2) is 4.98 Å². The first-order valence-electron chi connectivity index (χ1n) is 9.65. The first-order chi connectivity index (χ1) is 12.9. The fraction of sp³-hybridized carbons (Fsp3) is 0.524. The Bertz CT molecular complexity index is 764. The predicted molar refractivity (Wildman–Crippen MR) is 108 cm³/mol. The van der Waals surface area contributed by atoms with Gasteiger partial charge >= 0.3 is 0 Å². The molecule has 0 bridgehead atoms. The van der Waals surface area contributed by atoms with Crippen molar-refractivity contribution in [2.75, 3.05) is 19.6 Å². The first kappa shape index (κ1) is 19.9. The van der Waals surface area contributed by atoms with Crippen molar-refractivity contribution in [1.82, 2.24) is 15.2 Å². The lowest BCUT2D eigenvalue weighted by molar-refractivity contribution is -0.120. The highest BCUT2D eigenvalue weighted by Gasteiger charge is 2.21. The molecule has 146 valence electrons. The Morgan fingerprint density at radius 2 is 2.00 bits per heavy atom. The second kappa shape index (κ2) is 8.89. The van der Waals surface area contributed by atoms with Gasteiger partial charge in [0.2, 0.25) is 11.8 Å². The number of aromatic nitrogens is 1. The second-order valence-corrected chi connectivity index (χ2v) is 8.01. The highest BCUT2D eigenvalue weighted by molar-refractivity contribution is 6.30. The van der Waals surface area contributed by atoms with Gasteiger partial charge in [-0.2, -0.15) is 0 Å². The summed E-state index contributed by atoms with van der Waals surface area (Å²) in [5.74, 6) is 1.98. The first-order valence-corrected chi connectivity index (χ1v) is 10.0. The number of carbonyl (C=O) groups is 1. The van der Waals surface area contributed by atoms with Crippen molar-refractivity contribution in [2.45, 2.75) is 46.1 Å². The van der Waals surface area contributed by atoms with E-state index in [0.717, 1.165) is 24.6 Å². The van der Waals surface area contributed by atoms with Crippen LogP contribution in [0.5, 0.6) is 0 Å². The molecule has 1 N–H and O–H groups in total. The van der Waals surface area contributed by atoms with Crippen LogP contribution in [0, 0.1) is 12.8 Å². The summed E-state index contributed by atoms with van der Waals surface area (Å²) in [5, 5.41) is 3.71. The number of rotatable bonds is 6. The van der Waals surface area contributed by atoms with Gasteiger partial charge in [0.1, 0.15) is 5.76 Å². The Kier molecular flexibility index (Phi) is 6.55. The van der Waals surface area contributed by atoms with Gasteiger partial charge in [-0.3, -0.25) is 9.69 Å². The minimum absolute atomic E-state index is 0.0220. The molecule has 27 heavy (non-hydrogen) atoms. The van der Waals surface area contributed by atoms with Gasteiger partial charge in [0.05, 0.1) is 12.1 Å². The number of aryl methyl sites for hydroxylation is 1. The van der Waals surface area contributed by atoms with E-state index in [1.54, 1.807) is 12.1 Å². The summed E-state index contributed by atoms with van der Waals surface area (Å²) < 4.78 is 5.73. The molecule has 0 aliphatic carbocycles. The smallest absolute Gasteiger partial charge is 0.226 e. The van der Waals surface area contributed by atoms with Crippen LogP contribution in [0.2, 0.25) is 5.02 Å². The van der Waals surface area contributed by atoms with Crippen LogP contribution in [-0.4, -0.2) is 41.5 Å². The normalized spacial score (nSPS) is 17.0. The van der Waals surface area contributed by atoms with Gasteiger partial charge in [-0.15, -0.1) is 0 Å². The van der Waals surface area contributed by atoms with Gasteiger partial charge in [0, 0.05) is 23.2 Å². The van der Waals surface area contributed by atoms with Crippen molar-refractivity contribution >= 4 is 17.5 Å². The maximum Gasteiger partial charge on any atom is 0.226 e. The van der Waals surface area contributed by atoms with Gasteiger partial charge in [0.15, 0.2) is 0 Å². The number of nitrogens with zero attached hydrogens (tertiary/aromatic N) is 2. The zero-order valence-corrected chi connectivity index (χ0v) is 17.1. The lowest BCUT2D eigenvalue weighted by Crippen LogP contribution is -2.45. The molecule has 1 fully saturated rings. The molecule has 1 aliphatic heterocycles. The van der Waals surface area contributed by atoms with E-state index >= 15 is 0 Å². The van der Waals surface area contributed by atoms with Crippen molar-refractivity contribution in [3.8, 4) is 11.5 Å². The number of oxazole rings is 1. The Labute approximate surface area is 166 Å². The summed E-state index contributed by atoms with van der Waals surface area (Å²) in [7, 11) is 0. The Hall–Kier alpha value is -1.85. The number of hydrogen-bond donors (Lipinski definition) is 1. The molecule has 2 heterocycles. The number of carbonyl (C=O) groups excluding carboxylic acids is 1. The third-order valence-electron chi connectivity index (χ3n) is 5.35. The van der Waals surface area contributed by atoms with Crippen LogP contribution in [0.3, 0.4) is 0 Å². The lowest BCUT2D eigenvalue weighted by Gasteiger charge is -2.35. The van der Waals surface area contributed by atoms with Crippen LogP contribution < -0.4 is 5.32 Å². The maximum absolute atomic E-state index is 12.4. The molecule has 1 aromatic carbocycles. The Balaban J connectivity index is 1.52. The quantitative estimate of drug-likeness (QED) is 0.808. The van der Waals surface area contributed by atoms with E-state index in [1.807, 2.05) is 19.1 Å². The molecule has 1 saturated heterocycles. The molecule has 1 aromatic heterocycles. The zero-order valence-electron chi connectivity index (χ0n) is 16.3. The highest BCUT2D eigenvalue weighted by Crippen LogP contribution is 2.23. The van der Waals surface area contributed by atoms with Crippen LogP contribution in [0.25, 0.3) is 11.5 Å². The third kappa shape index (κ3) is 5.33. The second-order valence-electron chi connectivity index (χ2n) is 7.58. The topological polar surface area (TPSA) is 58.4 Å².